The summed E-state index contributed by atoms with van der Waals surface area (Å²) in [4.78, 5) is 14.5. The fourth-order valence-electron chi connectivity index (χ4n) is 3.06. The molecule has 1 aliphatic rings. The molecule has 0 bridgehead atoms. The molecule has 2 atom stereocenters. The molecule has 1 aromatic heterocycles. The predicted molar refractivity (Wildman–Crippen MR) is 93.1 cm³/mol. The number of nitrogens with zero attached hydrogens (tertiary/aromatic N) is 4. The maximum atomic E-state index is 12.7. The second kappa shape index (κ2) is 6.99. The van der Waals surface area contributed by atoms with Crippen LogP contribution < -0.4 is 5.32 Å². The quantitative estimate of drug-likeness (QED) is 0.898. The van der Waals surface area contributed by atoms with Crippen LogP contribution in [0.15, 0.2) is 24.5 Å². The minimum Gasteiger partial charge on any atom is -0.331 e. The van der Waals surface area contributed by atoms with E-state index in [1.54, 1.807) is 29.4 Å². The summed E-state index contributed by atoms with van der Waals surface area (Å²) in [5.74, 6) is 0.802. The van der Waals surface area contributed by atoms with Gasteiger partial charge in [0.15, 0.2) is 5.82 Å². The van der Waals surface area contributed by atoms with Crippen LogP contribution in [0, 0.1) is 0 Å². The number of carbonyl (C=O) groups excluding carboxylic acids is 1. The molecule has 6 nitrogen and oxygen atoms in total. The number of rotatable bonds is 3. The van der Waals surface area contributed by atoms with Crippen molar-refractivity contribution in [3.63, 3.8) is 0 Å². The summed E-state index contributed by atoms with van der Waals surface area (Å²) in [5, 5.41) is 12.2. The van der Waals surface area contributed by atoms with Gasteiger partial charge in [-0.1, -0.05) is 23.2 Å². The van der Waals surface area contributed by atoms with Gasteiger partial charge in [-0.2, -0.15) is 0 Å². The van der Waals surface area contributed by atoms with Gasteiger partial charge in [0, 0.05) is 23.6 Å². The zero-order valence-corrected chi connectivity index (χ0v) is 15.1. The maximum absolute atomic E-state index is 12.7. The molecule has 1 fully saturated rings. The molecule has 3 rings (SSSR count). The Balaban J connectivity index is 1.74. The van der Waals surface area contributed by atoms with Crippen molar-refractivity contribution in [2.24, 2.45) is 7.05 Å². The lowest BCUT2D eigenvalue weighted by molar-refractivity contribution is 0.187. The van der Waals surface area contributed by atoms with Crippen molar-refractivity contribution in [2.45, 2.75) is 31.8 Å². The fraction of sp³-hybridized carbons (Fsp3) is 0.438. The first-order valence-corrected chi connectivity index (χ1v) is 8.59. The number of benzene rings is 1. The van der Waals surface area contributed by atoms with Gasteiger partial charge in [0.25, 0.3) is 0 Å². The Kier molecular flexibility index (Phi) is 4.96. The van der Waals surface area contributed by atoms with Crippen LogP contribution in [0.1, 0.15) is 43.2 Å². The first-order chi connectivity index (χ1) is 11.5. The van der Waals surface area contributed by atoms with Crippen molar-refractivity contribution in [2.75, 3.05) is 6.54 Å². The molecule has 128 valence electrons. The van der Waals surface area contributed by atoms with E-state index in [4.69, 9.17) is 23.2 Å². The van der Waals surface area contributed by atoms with E-state index >= 15 is 0 Å². The van der Waals surface area contributed by atoms with Crippen molar-refractivity contribution in [3.8, 4) is 0 Å². The molecule has 0 spiro atoms. The molecule has 1 N–H and O–H groups in total. The Morgan fingerprint density at radius 3 is 2.92 bits per heavy atom. The molecule has 1 saturated heterocycles. The molecule has 1 unspecified atom stereocenters. The van der Waals surface area contributed by atoms with E-state index < -0.39 is 0 Å². The number of urea groups is 1. The zero-order chi connectivity index (χ0) is 17.3. The molecule has 8 heteroatoms. The van der Waals surface area contributed by atoms with Crippen LogP contribution in [0.25, 0.3) is 0 Å². The number of amides is 2. The first kappa shape index (κ1) is 17.0. The van der Waals surface area contributed by atoms with Crippen LogP contribution >= 0.6 is 23.2 Å². The minimum absolute atomic E-state index is 0.0560. The molecule has 1 aliphatic heterocycles. The van der Waals surface area contributed by atoms with Crippen molar-refractivity contribution in [1.29, 1.82) is 0 Å². The number of aromatic nitrogens is 3. The van der Waals surface area contributed by atoms with E-state index in [1.165, 1.54) is 0 Å². The van der Waals surface area contributed by atoms with Crippen LogP contribution in [0.3, 0.4) is 0 Å². The molecule has 2 heterocycles. The Morgan fingerprint density at radius 1 is 1.42 bits per heavy atom. The summed E-state index contributed by atoms with van der Waals surface area (Å²) in [7, 11) is 1.89. The van der Waals surface area contributed by atoms with E-state index in [0.29, 0.717) is 16.6 Å². The normalized spacial score (nSPS) is 18.7. The average molecular weight is 368 g/mol. The van der Waals surface area contributed by atoms with Gasteiger partial charge in [-0.15, -0.1) is 10.2 Å². The number of nitrogens with one attached hydrogen (secondary N) is 1. The molecule has 0 aliphatic carbocycles. The lowest BCUT2D eigenvalue weighted by Gasteiger charge is -2.26. The topological polar surface area (TPSA) is 63.1 Å². The van der Waals surface area contributed by atoms with E-state index in [1.807, 2.05) is 18.5 Å². The predicted octanol–water partition coefficient (Wildman–Crippen LogP) is 3.73. The Bertz CT molecular complexity index is 748. The molecule has 2 amide bonds. The number of likely N-dealkylation sites (tertiary alicyclic amines) is 1. The van der Waals surface area contributed by atoms with Gasteiger partial charge in [-0.25, -0.2) is 4.79 Å². The molecule has 0 radical (unpaired) electrons. The molecule has 24 heavy (non-hydrogen) atoms. The van der Waals surface area contributed by atoms with Crippen LogP contribution in [0.2, 0.25) is 10.0 Å². The fourth-order valence-corrected chi connectivity index (χ4v) is 3.53. The van der Waals surface area contributed by atoms with Gasteiger partial charge in [0.2, 0.25) is 0 Å². The monoisotopic (exact) mass is 367 g/mol. The van der Waals surface area contributed by atoms with Crippen molar-refractivity contribution >= 4 is 29.2 Å². The number of halogens is 2. The maximum Gasteiger partial charge on any atom is 0.318 e. The minimum atomic E-state index is -0.246. The molecule has 1 aromatic carbocycles. The Hall–Kier alpha value is -1.79. The summed E-state index contributed by atoms with van der Waals surface area (Å²) in [5.41, 5.74) is 0.798. The second-order valence-electron chi connectivity index (χ2n) is 5.99. The van der Waals surface area contributed by atoms with Crippen LogP contribution in [0.5, 0.6) is 0 Å². The number of hydrogen-bond acceptors (Lipinski definition) is 3. The van der Waals surface area contributed by atoms with E-state index in [9.17, 15) is 4.79 Å². The third-order valence-electron chi connectivity index (χ3n) is 4.32. The number of aryl methyl sites for hydroxylation is 1. The smallest absolute Gasteiger partial charge is 0.318 e. The van der Waals surface area contributed by atoms with Crippen molar-refractivity contribution in [3.05, 3.63) is 46.0 Å². The third-order valence-corrected chi connectivity index (χ3v) is 4.90. The van der Waals surface area contributed by atoms with Gasteiger partial charge in [0.1, 0.15) is 6.33 Å². The number of carbonyl (C=O) groups is 1. The summed E-state index contributed by atoms with van der Waals surface area (Å²) in [6, 6.07) is 4.80. The largest absolute Gasteiger partial charge is 0.331 e. The molecule has 2 aromatic rings. The van der Waals surface area contributed by atoms with E-state index in [-0.39, 0.29) is 18.1 Å². The summed E-state index contributed by atoms with van der Waals surface area (Å²) in [6.45, 7) is 2.59. The summed E-state index contributed by atoms with van der Waals surface area (Å²) in [6.07, 6.45) is 3.47. The second-order valence-corrected chi connectivity index (χ2v) is 6.83. The summed E-state index contributed by atoms with van der Waals surface area (Å²) >= 11 is 12.3. The van der Waals surface area contributed by atoms with E-state index in [2.05, 4.69) is 15.5 Å². The van der Waals surface area contributed by atoms with Gasteiger partial charge < -0.3 is 14.8 Å². The highest BCUT2D eigenvalue weighted by Gasteiger charge is 2.33. The van der Waals surface area contributed by atoms with Gasteiger partial charge in [-0.05, 0) is 43.5 Å². The lowest BCUT2D eigenvalue weighted by atomic mass is 10.1. The highest BCUT2D eigenvalue weighted by molar-refractivity contribution is 6.33. The molecule has 0 saturated carbocycles. The number of hydrogen-bond donors (Lipinski definition) is 1. The van der Waals surface area contributed by atoms with Gasteiger partial charge in [-0.3, -0.25) is 0 Å². The third kappa shape index (κ3) is 3.35. The van der Waals surface area contributed by atoms with Crippen LogP contribution in [-0.2, 0) is 7.05 Å². The highest BCUT2D eigenvalue weighted by Crippen LogP contribution is 2.31. The van der Waals surface area contributed by atoms with E-state index in [0.717, 1.165) is 24.2 Å². The van der Waals surface area contributed by atoms with Crippen molar-refractivity contribution < 1.29 is 4.79 Å². The van der Waals surface area contributed by atoms with Crippen molar-refractivity contribution in [1.82, 2.24) is 25.0 Å². The van der Waals surface area contributed by atoms with Gasteiger partial charge >= 0.3 is 6.03 Å². The first-order valence-electron chi connectivity index (χ1n) is 7.83. The average Bonchev–Trinajstić information content (AvgIpc) is 3.17. The van der Waals surface area contributed by atoms with Crippen LogP contribution in [0.4, 0.5) is 4.79 Å². The highest BCUT2D eigenvalue weighted by atomic mass is 35.5. The summed E-state index contributed by atoms with van der Waals surface area (Å²) < 4.78 is 1.85. The molecular formula is C16H19Cl2N5O. The lowest BCUT2D eigenvalue weighted by Crippen LogP contribution is -2.41. The van der Waals surface area contributed by atoms with Gasteiger partial charge in [0.05, 0.1) is 12.1 Å². The van der Waals surface area contributed by atoms with Crippen LogP contribution in [-0.4, -0.2) is 32.2 Å². The Labute approximate surface area is 150 Å². The Morgan fingerprint density at radius 2 is 2.21 bits per heavy atom. The standard InChI is InChI=1S/C16H19Cl2N5O/c1-10(12-8-11(17)5-6-13(12)18)20-16(24)23-7-3-4-14(23)15-21-19-9-22(15)2/h5-6,8-10,14H,3-4,7H2,1-2H3,(H,20,24)/t10-,14?/m0/s1. The SMILES string of the molecule is C[C@H](NC(=O)N1CCCC1c1nncn1C)c1cc(Cl)ccc1Cl. The molecular weight excluding hydrogens is 349 g/mol. The zero-order valence-electron chi connectivity index (χ0n) is 13.5.